The number of aromatic nitrogens is 2. The average molecular weight is 163 g/mol. The van der Waals surface area contributed by atoms with Crippen molar-refractivity contribution in [2.75, 3.05) is 0 Å². The SMILES string of the molecule is C/C(=C/C(=O)[O-])c1cnccn1. The molecule has 1 heterocycles. The van der Waals surface area contributed by atoms with E-state index in [0.717, 1.165) is 6.08 Å². The van der Waals surface area contributed by atoms with Gasteiger partial charge in [-0.25, -0.2) is 0 Å². The van der Waals surface area contributed by atoms with Crippen LogP contribution < -0.4 is 5.11 Å². The lowest BCUT2D eigenvalue weighted by Crippen LogP contribution is -2.19. The van der Waals surface area contributed by atoms with Crippen LogP contribution in [0.4, 0.5) is 0 Å². The molecule has 4 nitrogen and oxygen atoms in total. The van der Waals surface area contributed by atoms with Crippen LogP contribution in [0.3, 0.4) is 0 Å². The van der Waals surface area contributed by atoms with Crippen molar-refractivity contribution in [1.82, 2.24) is 9.97 Å². The first kappa shape index (κ1) is 8.39. The number of hydrogen-bond acceptors (Lipinski definition) is 4. The first-order valence-electron chi connectivity index (χ1n) is 3.36. The Balaban J connectivity index is 2.93. The van der Waals surface area contributed by atoms with E-state index in [1.54, 1.807) is 6.92 Å². The first-order chi connectivity index (χ1) is 5.70. The standard InChI is InChI=1S/C8H8N2O2/c1-6(4-8(11)12)7-5-9-2-3-10-7/h2-5H,1H3,(H,11,12)/p-1/b6-4-. The van der Waals surface area contributed by atoms with Crippen molar-refractivity contribution in [1.29, 1.82) is 0 Å². The average Bonchev–Trinajstić information content (AvgIpc) is 2.05. The molecular formula is C8H7N2O2-. The van der Waals surface area contributed by atoms with Crippen LogP contribution in [0.2, 0.25) is 0 Å². The number of aliphatic carboxylic acids is 1. The Kier molecular flexibility index (Phi) is 2.53. The van der Waals surface area contributed by atoms with Crippen LogP contribution in [-0.4, -0.2) is 15.9 Å². The zero-order chi connectivity index (χ0) is 8.97. The predicted octanol–water partition coefficient (Wildman–Crippen LogP) is -0.370. The first-order valence-corrected chi connectivity index (χ1v) is 3.36. The third kappa shape index (κ3) is 2.16. The number of rotatable bonds is 2. The number of carbonyl (C=O) groups excluding carboxylic acids is 1. The second-order valence-corrected chi connectivity index (χ2v) is 2.24. The fraction of sp³-hybridized carbons (Fsp3) is 0.125. The van der Waals surface area contributed by atoms with Crippen molar-refractivity contribution in [2.24, 2.45) is 0 Å². The molecule has 0 fully saturated rings. The highest BCUT2D eigenvalue weighted by molar-refractivity contribution is 5.87. The van der Waals surface area contributed by atoms with Gasteiger partial charge in [0.25, 0.3) is 0 Å². The Morgan fingerprint density at radius 2 is 2.33 bits per heavy atom. The predicted molar refractivity (Wildman–Crippen MR) is 40.7 cm³/mol. The highest BCUT2D eigenvalue weighted by Crippen LogP contribution is 2.06. The summed E-state index contributed by atoms with van der Waals surface area (Å²) in [6.07, 6.45) is 5.51. The van der Waals surface area contributed by atoms with E-state index >= 15 is 0 Å². The Morgan fingerprint density at radius 3 is 2.83 bits per heavy atom. The number of carbonyl (C=O) groups is 1. The van der Waals surface area contributed by atoms with Gasteiger partial charge < -0.3 is 9.90 Å². The molecule has 0 atom stereocenters. The molecule has 4 heteroatoms. The van der Waals surface area contributed by atoms with E-state index in [1.807, 2.05) is 0 Å². The molecule has 1 rings (SSSR count). The Labute approximate surface area is 69.6 Å². The van der Waals surface area contributed by atoms with Gasteiger partial charge in [-0.2, -0.15) is 0 Å². The molecule has 1 aromatic rings. The summed E-state index contributed by atoms with van der Waals surface area (Å²) in [5.74, 6) is -1.22. The summed E-state index contributed by atoms with van der Waals surface area (Å²) >= 11 is 0. The van der Waals surface area contributed by atoms with Crippen molar-refractivity contribution >= 4 is 11.5 Å². The lowest BCUT2D eigenvalue weighted by atomic mass is 10.2. The van der Waals surface area contributed by atoms with Crippen molar-refractivity contribution in [3.8, 4) is 0 Å². The lowest BCUT2D eigenvalue weighted by molar-refractivity contribution is -0.297. The maximum absolute atomic E-state index is 10.1. The van der Waals surface area contributed by atoms with Gasteiger partial charge in [0, 0.05) is 12.4 Å². The largest absolute Gasteiger partial charge is 0.545 e. The summed E-state index contributed by atoms with van der Waals surface area (Å²) in [7, 11) is 0. The fourth-order valence-electron chi connectivity index (χ4n) is 0.753. The Bertz CT molecular complexity index is 306. The van der Waals surface area contributed by atoms with Crippen molar-refractivity contribution in [3.63, 3.8) is 0 Å². The quantitative estimate of drug-likeness (QED) is 0.558. The molecule has 0 saturated heterocycles. The molecule has 0 radical (unpaired) electrons. The minimum atomic E-state index is -1.22. The van der Waals surface area contributed by atoms with Gasteiger partial charge in [0.2, 0.25) is 0 Å². The number of nitrogens with zero attached hydrogens (tertiary/aromatic N) is 2. The topological polar surface area (TPSA) is 65.9 Å². The van der Waals surface area contributed by atoms with E-state index in [0.29, 0.717) is 11.3 Å². The lowest BCUT2D eigenvalue weighted by Gasteiger charge is -1.99. The molecule has 0 unspecified atom stereocenters. The zero-order valence-electron chi connectivity index (χ0n) is 6.52. The van der Waals surface area contributed by atoms with E-state index in [-0.39, 0.29) is 0 Å². The van der Waals surface area contributed by atoms with Crippen LogP contribution in [0, 0.1) is 0 Å². The molecule has 0 saturated carbocycles. The second kappa shape index (κ2) is 3.61. The van der Waals surface area contributed by atoms with Crippen molar-refractivity contribution in [3.05, 3.63) is 30.4 Å². The minimum absolute atomic E-state index is 0.531. The van der Waals surface area contributed by atoms with Crippen molar-refractivity contribution in [2.45, 2.75) is 6.92 Å². The van der Waals surface area contributed by atoms with Crippen LogP contribution in [0.5, 0.6) is 0 Å². The fourth-order valence-corrected chi connectivity index (χ4v) is 0.753. The highest BCUT2D eigenvalue weighted by Gasteiger charge is 1.94. The molecule has 0 aliphatic rings. The van der Waals surface area contributed by atoms with Crippen molar-refractivity contribution < 1.29 is 9.90 Å². The van der Waals surface area contributed by atoms with Crippen LogP contribution in [0.15, 0.2) is 24.7 Å². The molecule has 0 amide bonds. The third-order valence-electron chi connectivity index (χ3n) is 1.30. The molecule has 0 N–H and O–H groups in total. The highest BCUT2D eigenvalue weighted by atomic mass is 16.4. The van der Waals surface area contributed by atoms with Gasteiger partial charge in [0.05, 0.1) is 17.9 Å². The molecule has 12 heavy (non-hydrogen) atoms. The molecule has 62 valence electrons. The van der Waals surface area contributed by atoms with Crippen LogP contribution in [0.25, 0.3) is 5.57 Å². The van der Waals surface area contributed by atoms with Gasteiger partial charge in [-0.05, 0) is 18.6 Å². The third-order valence-corrected chi connectivity index (χ3v) is 1.30. The van der Waals surface area contributed by atoms with Crippen LogP contribution in [-0.2, 0) is 4.79 Å². The summed E-state index contributed by atoms with van der Waals surface area (Å²) < 4.78 is 0. The van der Waals surface area contributed by atoms with Gasteiger partial charge in [0.1, 0.15) is 0 Å². The van der Waals surface area contributed by atoms with Crippen LogP contribution in [0.1, 0.15) is 12.6 Å². The van der Waals surface area contributed by atoms with Gasteiger partial charge in [0.15, 0.2) is 0 Å². The van der Waals surface area contributed by atoms with E-state index in [4.69, 9.17) is 0 Å². The monoisotopic (exact) mass is 163 g/mol. The summed E-state index contributed by atoms with van der Waals surface area (Å²) in [4.78, 5) is 17.9. The zero-order valence-corrected chi connectivity index (χ0v) is 6.52. The normalized spacial score (nSPS) is 11.2. The molecular weight excluding hydrogens is 156 g/mol. The molecule has 0 aromatic carbocycles. The smallest absolute Gasteiger partial charge is 0.0842 e. The minimum Gasteiger partial charge on any atom is -0.545 e. The van der Waals surface area contributed by atoms with Gasteiger partial charge in [-0.15, -0.1) is 0 Å². The summed E-state index contributed by atoms with van der Waals surface area (Å²) in [5.41, 5.74) is 1.07. The number of hydrogen-bond donors (Lipinski definition) is 0. The number of carboxylic acids is 1. The summed E-state index contributed by atoms with van der Waals surface area (Å²) in [6.45, 7) is 1.64. The molecule has 1 aromatic heterocycles. The maximum Gasteiger partial charge on any atom is 0.0842 e. The molecule has 0 aliphatic heterocycles. The maximum atomic E-state index is 10.1. The Morgan fingerprint density at radius 1 is 1.58 bits per heavy atom. The van der Waals surface area contributed by atoms with E-state index in [2.05, 4.69) is 9.97 Å². The number of carboxylic acid groups (broad SMARTS) is 1. The van der Waals surface area contributed by atoms with E-state index in [1.165, 1.54) is 18.6 Å². The Hall–Kier alpha value is -1.71. The van der Waals surface area contributed by atoms with E-state index < -0.39 is 5.97 Å². The van der Waals surface area contributed by atoms with Gasteiger partial charge in [-0.3, -0.25) is 9.97 Å². The molecule has 0 aliphatic carbocycles. The molecule has 0 spiro atoms. The molecule has 0 bridgehead atoms. The van der Waals surface area contributed by atoms with Gasteiger partial charge >= 0.3 is 0 Å². The van der Waals surface area contributed by atoms with E-state index in [9.17, 15) is 9.90 Å². The summed E-state index contributed by atoms with van der Waals surface area (Å²) in [5, 5.41) is 10.1. The summed E-state index contributed by atoms with van der Waals surface area (Å²) in [6, 6.07) is 0. The second-order valence-electron chi connectivity index (χ2n) is 2.24. The van der Waals surface area contributed by atoms with Gasteiger partial charge in [-0.1, -0.05) is 0 Å². The van der Waals surface area contributed by atoms with Crippen LogP contribution >= 0.6 is 0 Å². The number of allylic oxidation sites excluding steroid dienone is 1.